The predicted octanol–water partition coefficient (Wildman–Crippen LogP) is 2.64. The molecule has 0 saturated heterocycles. The van der Waals surface area contributed by atoms with E-state index >= 15 is 0 Å². The van der Waals surface area contributed by atoms with Gasteiger partial charge in [-0.25, -0.2) is 14.6 Å². The third kappa shape index (κ3) is 2.49. The van der Waals surface area contributed by atoms with E-state index in [1.165, 1.54) is 25.7 Å². The lowest BCUT2D eigenvalue weighted by Gasteiger charge is -2.40. The fourth-order valence-electron chi connectivity index (χ4n) is 4.76. The molecule has 6 rings (SSSR count). The molecule has 1 aliphatic heterocycles. The second-order valence-corrected chi connectivity index (χ2v) is 7.76. The van der Waals surface area contributed by atoms with E-state index in [2.05, 4.69) is 37.1 Å². The number of hydrogen-bond acceptors (Lipinski definition) is 7. The number of nitrogens with zero attached hydrogens (tertiary/aromatic N) is 10. The first-order valence-corrected chi connectivity index (χ1v) is 10.4. The Hall–Kier alpha value is -3.56. The summed E-state index contributed by atoms with van der Waals surface area (Å²) in [5.74, 6) is 3.13. The standard InChI is InChI=1S/C20H22N10/c1-2-15-18-26-23-13-28(18)16-12-22-19(25-17(16)30(15)14-6-3-4-7-14)27-11-9-21-20(27)29-10-5-8-24-29/h5,8-15H,2-4,6-7H2,1H3. The van der Waals surface area contributed by atoms with Gasteiger partial charge in [0.25, 0.3) is 0 Å². The predicted molar refractivity (Wildman–Crippen MR) is 109 cm³/mol. The van der Waals surface area contributed by atoms with Gasteiger partial charge in [-0.1, -0.05) is 19.8 Å². The average Bonchev–Trinajstić information content (AvgIpc) is 3.57. The van der Waals surface area contributed by atoms with Crippen LogP contribution in [0.4, 0.5) is 5.82 Å². The highest BCUT2D eigenvalue weighted by Gasteiger charge is 2.38. The second-order valence-electron chi connectivity index (χ2n) is 7.76. The topological polar surface area (TPSA) is 95.4 Å². The van der Waals surface area contributed by atoms with Crippen LogP contribution in [0.15, 0.2) is 43.4 Å². The molecule has 152 valence electrons. The summed E-state index contributed by atoms with van der Waals surface area (Å²) in [5.41, 5.74) is 0.927. The Morgan fingerprint density at radius 2 is 1.97 bits per heavy atom. The van der Waals surface area contributed by atoms with Crippen LogP contribution in [0.1, 0.15) is 50.9 Å². The molecule has 0 bridgehead atoms. The number of hydrogen-bond donors (Lipinski definition) is 0. The molecule has 1 saturated carbocycles. The summed E-state index contributed by atoms with van der Waals surface area (Å²) in [6.07, 6.45) is 16.6. The van der Waals surface area contributed by atoms with Gasteiger partial charge in [-0.2, -0.15) is 10.1 Å². The van der Waals surface area contributed by atoms with Crippen molar-refractivity contribution in [2.45, 2.75) is 51.1 Å². The Labute approximate surface area is 173 Å². The molecule has 4 aromatic heterocycles. The Bertz CT molecular complexity index is 1170. The van der Waals surface area contributed by atoms with E-state index in [1.807, 2.05) is 33.8 Å². The van der Waals surface area contributed by atoms with Crippen molar-refractivity contribution in [1.82, 2.24) is 44.1 Å². The summed E-state index contributed by atoms with van der Waals surface area (Å²) in [4.78, 5) is 16.6. The van der Waals surface area contributed by atoms with Crippen molar-refractivity contribution in [3.8, 4) is 17.6 Å². The molecule has 0 amide bonds. The molecule has 1 aliphatic carbocycles. The molecule has 30 heavy (non-hydrogen) atoms. The van der Waals surface area contributed by atoms with Gasteiger partial charge in [0.1, 0.15) is 12.0 Å². The van der Waals surface area contributed by atoms with Crippen molar-refractivity contribution in [3.05, 3.63) is 49.2 Å². The Morgan fingerprint density at radius 3 is 2.77 bits per heavy atom. The van der Waals surface area contributed by atoms with Crippen molar-refractivity contribution < 1.29 is 0 Å². The van der Waals surface area contributed by atoms with Crippen LogP contribution in [-0.2, 0) is 0 Å². The van der Waals surface area contributed by atoms with Gasteiger partial charge in [-0.15, -0.1) is 10.2 Å². The van der Waals surface area contributed by atoms with Crippen molar-refractivity contribution >= 4 is 5.82 Å². The molecule has 5 heterocycles. The third-order valence-electron chi connectivity index (χ3n) is 6.10. The van der Waals surface area contributed by atoms with Gasteiger partial charge in [0.05, 0.1) is 12.2 Å². The van der Waals surface area contributed by atoms with Crippen LogP contribution in [0, 0.1) is 0 Å². The molecule has 1 unspecified atom stereocenters. The Kier molecular flexibility index (Phi) is 3.90. The molecular weight excluding hydrogens is 380 g/mol. The first kappa shape index (κ1) is 17.3. The first-order chi connectivity index (χ1) is 14.8. The number of anilines is 1. The normalized spacial score (nSPS) is 18.6. The van der Waals surface area contributed by atoms with Gasteiger partial charge in [-0.3, -0.25) is 9.13 Å². The monoisotopic (exact) mass is 402 g/mol. The van der Waals surface area contributed by atoms with Crippen LogP contribution >= 0.6 is 0 Å². The molecule has 2 aliphatic rings. The maximum atomic E-state index is 5.05. The Morgan fingerprint density at radius 1 is 1.07 bits per heavy atom. The number of fused-ring (bicyclic) bond motifs is 3. The minimum absolute atomic E-state index is 0.152. The minimum atomic E-state index is 0.152. The van der Waals surface area contributed by atoms with Gasteiger partial charge in [0.2, 0.25) is 11.9 Å². The van der Waals surface area contributed by atoms with Gasteiger partial charge in [0, 0.05) is 30.8 Å². The number of rotatable bonds is 4. The van der Waals surface area contributed by atoms with E-state index in [-0.39, 0.29) is 6.04 Å². The molecule has 1 atom stereocenters. The number of imidazole rings is 1. The van der Waals surface area contributed by atoms with E-state index in [0.717, 1.165) is 23.8 Å². The zero-order chi connectivity index (χ0) is 20.1. The molecule has 0 aromatic carbocycles. The van der Waals surface area contributed by atoms with Crippen molar-refractivity contribution in [2.24, 2.45) is 0 Å². The highest BCUT2D eigenvalue weighted by molar-refractivity contribution is 5.62. The molecule has 0 N–H and O–H groups in total. The van der Waals surface area contributed by atoms with Gasteiger partial charge in [0.15, 0.2) is 11.6 Å². The quantitative estimate of drug-likeness (QED) is 0.518. The summed E-state index contributed by atoms with van der Waals surface area (Å²) in [6.45, 7) is 2.20. The van der Waals surface area contributed by atoms with E-state index in [0.29, 0.717) is 17.9 Å². The summed E-state index contributed by atoms with van der Waals surface area (Å²) >= 11 is 0. The van der Waals surface area contributed by atoms with Crippen LogP contribution in [0.5, 0.6) is 0 Å². The fourth-order valence-corrected chi connectivity index (χ4v) is 4.76. The lowest BCUT2D eigenvalue weighted by molar-refractivity contribution is 0.468. The van der Waals surface area contributed by atoms with E-state index in [4.69, 9.17) is 4.98 Å². The lowest BCUT2D eigenvalue weighted by atomic mass is 10.0. The van der Waals surface area contributed by atoms with Gasteiger partial charge >= 0.3 is 0 Å². The van der Waals surface area contributed by atoms with Crippen LogP contribution < -0.4 is 4.90 Å². The molecule has 4 aromatic rings. The second kappa shape index (κ2) is 6.75. The molecule has 0 spiro atoms. The van der Waals surface area contributed by atoms with Gasteiger partial charge in [-0.05, 0) is 25.3 Å². The molecular formula is C20H22N10. The minimum Gasteiger partial charge on any atom is -0.341 e. The Balaban J connectivity index is 1.52. The van der Waals surface area contributed by atoms with Crippen LogP contribution in [0.25, 0.3) is 17.6 Å². The zero-order valence-electron chi connectivity index (χ0n) is 16.7. The maximum absolute atomic E-state index is 5.05. The van der Waals surface area contributed by atoms with Crippen molar-refractivity contribution in [3.63, 3.8) is 0 Å². The maximum Gasteiger partial charge on any atom is 0.238 e. The van der Waals surface area contributed by atoms with Crippen molar-refractivity contribution in [2.75, 3.05) is 4.90 Å². The summed E-state index contributed by atoms with van der Waals surface area (Å²) in [7, 11) is 0. The average molecular weight is 402 g/mol. The van der Waals surface area contributed by atoms with E-state index < -0.39 is 0 Å². The van der Waals surface area contributed by atoms with Crippen LogP contribution in [-0.4, -0.2) is 50.1 Å². The summed E-state index contributed by atoms with van der Waals surface area (Å²) in [6, 6.07) is 2.48. The van der Waals surface area contributed by atoms with Crippen LogP contribution in [0.2, 0.25) is 0 Å². The summed E-state index contributed by atoms with van der Waals surface area (Å²) in [5, 5.41) is 12.9. The molecule has 10 nitrogen and oxygen atoms in total. The third-order valence-corrected chi connectivity index (χ3v) is 6.10. The molecule has 0 radical (unpaired) electrons. The SMILES string of the molecule is CCC1c2nncn2-c2cnc(-n3ccnc3-n3cccn3)nc2N1C1CCCC1. The zero-order valence-corrected chi connectivity index (χ0v) is 16.7. The van der Waals surface area contributed by atoms with E-state index in [1.54, 1.807) is 23.4 Å². The largest absolute Gasteiger partial charge is 0.341 e. The summed E-state index contributed by atoms with van der Waals surface area (Å²) < 4.78 is 5.61. The number of aromatic nitrogens is 9. The van der Waals surface area contributed by atoms with E-state index in [9.17, 15) is 0 Å². The smallest absolute Gasteiger partial charge is 0.238 e. The first-order valence-electron chi connectivity index (χ1n) is 10.4. The van der Waals surface area contributed by atoms with Gasteiger partial charge < -0.3 is 4.90 Å². The molecule has 10 heteroatoms. The van der Waals surface area contributed by atoms with Crippen LogP contribution in [0.3, 0.4) is 0 Å². The lowest BCUT2D eigenvalue weighted by Crippen LogP contribution is -2.42. The fraction of sp³-hybridized carbons (Fsp3) is 0.400. The highest BCUT2D eigenvalue weighted by Crippen LogP contribution is 2.42. The van der Waals surface area contributed by atoms with Crippen molar-refractivity contribution in [1.29, 1.82) is 0 Å². The molecule has 1 fully saturated rings. The highest BCUT2D eigenvalue weighted by atomic mass is 15.4.